The van der Waals surface area contributed by atoms with Crippen LogP contribution in [0.4, 0.5) is 11.4 Å². The molecule has 8 nitrogen and oxygen atoms in total. The lowest BCUT2D eigenvalue weighted by molar-refractivity contribution is -0.384. The average Bonchev–Trinajstić information content (AvgIpc) is 3.56. The number of hydrogen-bond acceptors (Lipinski definition) is 6. The fourth-order valence-corrected chi connectivity index (χ4v) is 4.72. The third-order valence-electron chi connectivity index (χ3n) is 5.94. The number of aromatic nitrogens is 1. The van der Waals surface area contributed by atoms with E-state index in [4.69, 9.17) is 8.83 Å². The Kier molecular flexibility index (Phi) is 5.54. The fraction of sp³-hybridized carbons (Fsp3) is 0. The SMILES string of the molecule is O=C(Nc1ccc2oc(-c3cccc4c(Br)cccc34)nc2c1)c1ccc(-c2ccccc2[N+](=O)[O-])o1. The van der Waals surface area contributed by atoms with Crippen molar-refractivity contribution in [2.45, 2.75) is 0 Å². The van der Waals surface area contributed by atoms with Crippen LogP contribution in [0.3, 0.4) is 0 Å². The summed E-state index contributed by atoms with van der Waals surface area (Å²) < 4.78 is 12.6. The highest BCUT2D eigenvalue weighted by atomic mass is 79.9. The summed E-state index contributed by atoms with van der Waals surface area (Å²) >= 11 is 3.59. The Morgan fingerprint density at radius 3 is 2.51 bits per heavy atom. The third kappa shape index (κ3) is 4.15. The van der Waals surface area contributed by atoms with Gasteiger partial charge in [-0.2, -0.15) is 0 Å². The largest absolute Gasteiger partial charge is 0.451 e. The fourth-order valence-electron chi connectivity index (χ4n) is 4.22. The minimum atomic E-state index is -0.494. The van der Waals surface area contributed by atoms with E-state index in [2.05, 4.69) is 26.2 Å². The molecular weight excluding hydrogens is 538 g/mol. The summed E-state index contributed by atoms with van der Waals surface area (Å²) in [6, 6.07) is 26.3. The Labute approximate surface area is 217 Å². The first-order chi connectivity index (χ1) is 18.0. The summed E-state index contributed by atoms with van der Waals surface area (Å²) in [6.07, 6.45) is 0. The normalized spacial score (nSPS) is 11.2. The van der Waals surface area contributed by atoms with E-state index in [-0.39, 0.29) is 17.2 Å². The van der Waals surface area contributed by atoms with Crippen molar-refractivity contribution in [2.75, 3.05) is 5.32 Å². The quantitative estimate of drug-likeness (QED) is 0.172. The smallest absolute Gasteiger partial charge is 0.291 e. The van der Waals surface area contributed by atoms with E-state index in [0.29, 0.717) is 28.2 Å². The van der Waals surface area contributed by atoms with Crippen molar-refractivity contribution in [3.63, 3.8) is 0 Å². The number of nitrogens with one attached hydrogen (secondary N) is 1. The van der Waals surface area contributed by atoms with E-state index in [1.54, 1.807) is 36.4 Å². The van der Waals surface area contributed by atoms with Gasteiger partial charge in [-0.25, -0.2) is 4.98 Å². The molecule has 37 heavy (non-hydrogen) atoms. The van der Waals surface area contributed by atoms with Crippen LogP contribution in [-0.2, 0) is 0 Å². The molecule has 0 radical (unpaired) electrons. The summed E-state index contributed by atoms with van der Waals surface area (Å²) in [5.74, 6) is 0.236. The first-order valence-electron chi connectivity index (χ1n) is 11.2. The number of anilines is 1. The van der Waals surface area contributed by atoms with Crippen molar-refractivity contribution in [1.29, 1.82) is 0 Å². The summed E-state index contributed by atoms with van der Waals surface area (Å²) in [4.78, 5) is 28.3. The molecule has 4 aromatic carbocycles. The molecule has 0 bridgehead atoms. The van der Waals surface area contributed by atoms with Gasteiger partial charge in [-0.1, -0.05) is 52.3 Å². The molecule has 0 fully saturated rings. The summed E-state index contributed by atoms with van der Waals surface area (Å²) in [6.45, 7) is 0. The maximum Gasteiger partial charge on any atom is 0.291 e. The van der Waals surface area contributed by atoms with Crippen molar-refractivity contribution in [1.82, 2.24) is 4.98 Å². The number of carbonyl (C=O) groups excluding carboxylic acids is 1. The number of benzene rings is 4. The Bertz CT molecular complexity index is 1840. The highest BCUT2D eigenvalue weighted by molar-refractivity contribution is 9.10. The monoisotopic (exact) mass is 553 g/mol. The number of rotatable bonds is 5. The minimum absolute atomic E-state index is 0.0235. The third-order valence-corrected chi connectivity index (χ3v) is 6.63. The molecule has 0 saturated carbocycles. The van der Waals surface area contributed by atoms with Crippen molar-refractivity contribution in [3.8, 4) is 22.8 Å². The zero-order valence-corrected chi connectivity index (χ0v) is 20.6. The van der Waals surface area contributed by atoms with Gasteiger partial charge in [-0.3, -0.25) is 14.9 Å². The first-order valence-corrected chi connectivity index (χ1v) is 12.0. The van der Waals surface area contributed by atoms with Crippen LogP contribution in [0.1, 0.15) is 10.6 Å². The van der Waals surface area contributed by atoms with Gasteiger partial charge in [0, 0.05) is 21.8 Å². The summed E-state index contributed by atoms with van der Waals surface area (Å²) in [5.41, 5.74) is 2.72. The molecule has 6 aromatic rings. The number of nitro benzene ring substituents is 1. The van der Waals surface area contributed by atoms with Crippen LogP contribution in [0.2, 0.25) is 0 Å². The number of furan rings is 1. The minimum Gasteiger partial charge on any atom is -0.451 e. The number of fused-ring (bicyclic) bond motifs is 2. The van der Waals surface area contributed by atoms with E-state index in [1.165, 1.54) is 18.2 Å². The molecule has 1 N–H and O–H groups in total. The highest BCUT2D eigenvalue weighted by Gasteiger charge is 2.20. The van der Waals surface area contributed by atoms with Crippen LogP contribution in [0.5, 0.6) is 0 Å². The second kappa shape index (κ2) is 9.03. The number of halogens is 1. The van der Waals surface area contributed by atoms with Crippen LogP contribution >= 0.6 is 15.9 Å². The number of hydrogen-bond donors (Lipinski definition) is 1. The van der Waals surface area contributed by atoms with E-state index < -0.39 is 10.8 Å². The molecule has 0 aliphatic heterocycles. The maximum atomic E-state index is 12.8. The second-order valence-electron chi connectivity index (χ2n) is 8.23. The maximum absolute atomic E-state index is 12.8. The van der Waals surface area contributed by atoms with E-state index in [9.17, 15) is 14.9 Å². The van der Waals surface area contributed by atoms with Crippen LogP contribution in [0.25, 0.3) is 44.7 Å². The van der Waals surface area contributed by atoms with Crippen molar-refractivity contribution < 1.29 is 18.6 Å². The Hall–Kier alpha value is -4.76. The van der Waals surface area contributed by atoms with Gasteiger partial charge in [0.05, 0.1) is 10.5 Å². The molecule has 9 heteroatoms. The van der Waals surface area contributed by atoms with Gasteiger partial charge in [0.2, 0.25) is 5.89 Å². The van der Waals surface area contributed by atoms with Gasteiger partial charge < -0.3 is 14.2 Å². The van der Waals surface area contributed by atoms with E-state index >= 15 is 0 Å². The van der Waals surface area contributed by atoms with Crippen molar-refractivity contribution >= 4 is 55.1 Å². The van der Waals surface area contributed by atoms with Gasteiger partial charge in [-0.15, -0.1) is 0 Å². The zero-order valence-electron chi connectivity index (χ0n) is 19.0. The van der Waals surface area contributed by atoms with E-state index in [0.717, 1.165) is 20.8 Å². The zero-order chi connectivity index (χ0) is 25.5. The molecule has 2 heterocycles. The molecular formula is C28H16BrN3O5. The molecule has 0 aliphatic rings. The van der Waals surface area contributed by atoms with Gasteiger partial charge >= 0.3 is 0 Å². The lowest BCUT2D eigenvalue weighted by Gasteiger charge is -2.04. The average molecular weight is 554 g/mol. The van der Waals surface area contributed by atoms with Gasteiger partial charge in [0.15, 0.2) is 11.3 Å². The highest BCUT2D eigenvalue weighted by Crippen LogP contribution is 2.34. The van der Waals surface area contributed by atoms with Crippen LogP contribution in [0.15, 0.2) is 104 Å². The number of oxazole rings is 1. The number of nitro groups is 1. The summed E-state index contributed by atoms with van der Waals surface area (Å²) in [7, 11) is 0. The molecule has 0 atom stereocenters. The van der Waals surface area contributed by atoms with Crippen molar-refractivity contribution in [2.24, 2.45) is 0 Å². The topological polar surface area (TPSA) is 111 Å². The molecule has 0 unspecified atom stereocenters. The molecule has 1 amide bonds. The van der Waals surface area contributed by atoms with Crippen LogP contribution in [0, 0.1) is 10.1 Å². The van der Waals surface area contributed by atoms with Crippen LogP contribution in [-0.4, -0.2) is 15.8 Å². The number of para-hydroxylation sites is 1. The Morgan fingerprint density at radius 1 is 0.865 bits per heavy atom. The van der Waals surface area contributed by atoms with Gasteiger partial charge in [0.1, 0.15) is 11.3 Å². The molecule has 6 rings (SSSR count). The van der Waals surface area contributed by atoms with Gasteiger partial charge in [0.25, 0.3) is 11.6 Å². The Morgan fingerprint density at radius 2 is 1.65 bits per heavy atom. The molecule has 0 spiro atoms. The molecule has 2 aromatic heterocycles. The number of carbonyl (C=O) groups is 1. The standard InChI is InChI=1S/C28H16BrN3O5/c29-21-9-4-6-17-18(21)7-3-8-19(17)28-31-22-15-16(11-12-25(22)37-28)30-27(33)26-14-13-24(36-26)20-5-1-2-10-23(20)32(34)35/h1-15H,(H,30,33). The second-order valence-corrected chi connectivity index (χ2v) is 9.09. The lowest BCUT2D eigenvalue weighted by atomic mass is 10.0. The van der Waals surface area contributed by atoms with Gasteiger partial charge in [-0.05, 0) is 59.3 Å². The number of nitrogens with zero attached hydrogens (tertiary/aromatic N) is 2. The van der Waals surface area contributed by atoms with Crippen LogP contribution < -0.4 is 5.32 Å². The molecule has 180 valence electrons. The van der Waals surface area contributed by atoms with Crippen molar-refractivity contribution in [3.05, 3.63) is 111 Å². The summed E-state index contributed by atoms with van der Waals surface area (Å²) in [5, 5.41) is 16.2. The lowest BCUT2D eigenvalue weighted by Crippen LogP contribution is -2.10. The molecule has 0 saturated heterocycles. The number of amides is 1. The predicted molar refractivity (Wildman–Crippen MR) is 143 cm³/mol. The van der Waals surface area contributed by atoms with E-state index in [1.807, 2.05) is 36.4 Å². The Balaban J connectivity index is 1.28. The molecule has 0 aliphatic carbocycles. The predicted octanol–water partition coefficient (Wildman–Crippen LogP) is 7.83. The first kappa shape index (κ1) is 22.7.